The number of aryl methyl sites for hydroxylation is 2. The van der Waals surface area contributed by atoms with Gasteiger partial charge in [0.05, 0.1) is 17.6 Å². The van der Waals surface area contributed by atoms with Crippen LogP contribution in [-0.4, -0.2) is 39.0 Å². The molecule has 1 aromatic heterocycles. The average molecular weight is 268 g/mol. The fourth-order valence-corrected chi connectivity index (χ4v) is 2.82. The minimum atomic E-state index is -0.378. The Morgan fingerprint density at radius 2 is 2.21 bits per heavy atom. The summed E-state index contributed by atoms with van der Waals surface area (Å²) in [5, 5.41) is 24.9. The summed E-state index contributed by atoms with van der Waals surface area (Å²) >= 11 is 0. The van der Waals surface area contributed by atoms with Crippen molar-refractivity contribution in [3.05, 3.63) is 15.8 Å². The van der Waals surface area contributed by atoms with Crippen molar-refractivity contribution < 1.29 is 10.0 Å². The van der Waals surface area contributed by atoms with Gasteiger partial charge in [0, 0.05) is 13.6 Å². The number of hydrogen-bond acceptors (Lipinski definition) is 5. The van der Waals surface area contributed by atoms with Crippen molar-refractivity contribution in [1.82, 2.24) is 9.78 Å². The number of rotatable bonds is 3. The third kappa shape index (κ3) is 2.56. The minimum Gasteiger partial charge on any atom is -0.394 e. The maximum Gasteiger partial charge on any atom is 0.333 e. The van der Waals surface area contributed by atoms with Crippen LogP contribution in [-0.2, 0) is 7.05 Å². The topological polar surface area (TPSA) is 84.4 Å². The van der Waals surface area contributed by atoms with Crippen LogP contribution in [0.4, 0.5) is 11.5 Å². The lowest BCUT2D eigenvalue weighted by molar-refractivity contribution is -0.384. The molecule has 0 spiro atoms. The summed E-state index contributed by atoms with van der Waals surface area (Å²) in [6.45, 7) is 2.39. The van der Waals surface area contributed by atoms with Crippen molar-refractivity contribution in [3.8, 4) is 0 Å². The lowest BCUT2D eigenvalue weighted by atomic mass is 10.1. The summed E-state index contributed by atoms with van der Waals surface area (Å²) in [5.41, 5.74) is 0.478. The SMILES string of the molecule is Cc1nn(C)c(N2CCCCCC2CO)c1[N+](=O)[O-]. The van der Waals surface area contributed by atoms with E-state index in [0.717, 1.165) is 32.2 Å². The first-order chi connectivity index (χ1) is 9.06. The standard InChI is InChI=1S/C12H20N4O3/c1-9-11(16(18)19)12(14(2)13-9)15-7-5-3-4-6-10(15)8-17/h10,17H,3-8H2,1-2H3. The first kappa shape index (κ1) is 13.8. The van der Waals surface area contributed by atoms with Crippen molar-refractivity contribution in [1.29, 1.82) is 0 Å². The summed E-state index contributed by atoms with van der Waals surface area (Å²) < 4.78 is 1.56. The van der Waals surface area contributed by atoms with Gasteiger partial charge >= 0.3 is 5.69 Å². The Bertz CT molecular complexity index is 472. The van der Waals surface area contributed by atoms with Crippen molar-refractivity contribution in [2.45, 2.75) is 38.6 Å². The van der Waals surface area contributed by atoms with Gasteiger partial charge in [-0.1, -0.05) is 12.8 Å². The van der Waals surface area contributed by atoms with Crippen LogP contribution >= 0.6 is 0 Å². The zero-order valence-corrected chi connectivity index (χ0v) is 11.4. The van der Waals surface area contributed by atoms with Crippen LogP contribution in [0.1, 0.15) is 31.4 Å². The molecule has 1 aromatic rings. The van der Waals surface area contributed by atoms with Gasteiger partial charge in [0.1, 0.15) is 5.69 Å². The fraction of sp³-hybridized carbons (Fsp3) is 0.750. The molecule has 1 unspecified atom stereocenters. The van der Waals surface area contributed by atoms with Crippen molar-refractivity contribution in [2.75, 3.05) is 18.1 Å². The van der Waals surface area contributed by atoms with E-state index in [1.54, 1.807) is 18.7 Å². The van der Waals surface area contributed by atoms with Gasteiger partial charge in [0.15, 0.2) is 0 Å². The van der Waals surface area contributed by atoms with Crippen molar-refractivity contribution in [2.24, 2.45) is 7.05 Å². The summed E-state index contributed by atoms with van der Waals surface area (Å²) in [4.78, 5) is 12.8. The first-order valence-electron chi connectivity index (χ1n) is 6.61. The molecule has 1 N–H and O–H groups in total. The lowest BCUT2D eigenvalue weighted by Crippen LogP contribution is -2.39. The molecule has 0 amide bonds. The second-order valence-electron chi connectivity index (χ2n) is 5.02. The third-order valence-electron chi connectivity index (χ3n) is 3.70. The monoisotopic (exact) mass is 268 g/mol. The largest absolute Gasteiger partial charge is 0.394 e. The maximum atomic E-state index is 11.2. The molecule has 19 heavy (non-hydrogen) atoms. The van der Waals surface area contributed by atoms with Crippen LogP contribution in [0.5, 0.6) is 0 Å². The number of nitro groups is 1. The number of aliphatic hydroxyl groups excluding tert-OH is 1. The molecular weight excluding hydrogens is 248 g/mol. The quantitative estimate of drug-likeness (QED) is 0.661. The van der Waals surface area contributed by atoms with Crippen LogP contribution in [0.15, 0.2) is 0 Å². The zero-order chi connectivity index (χ0) is 14.0. The molecule has 0 aromatic carbocycles. The van der Waals surface area contributed by atoms with E-state index >= 15 is 0 Å². The summed E-state index contributed by atoms with van der Waals surface area (Å²) in [6.07, 6.45) is 3.99. The van der Waals surface area contributed by atoms with Gasteiger partial charge in [0.2, 0.25) is 5.82 Å². The summed E-state index contributed by atoms with van der Waals surface area (Å²) in [6, 6.07) is -0.0593. The molecule has 1 aliphatic heterocycles. The van der Waals surface area contributed by atoms with Crippen LogP contribution in [0, 0.1) is 17.0 Å². The Balaban J connectivity index is 2.46. The average Bonchev–Trinajstić information content (AvgIpc) is 2.53. The van der Waals surface area contributed by atoms with Gasteiger partial charge < -0.3 is 10.0 Å². The molecule has 1 aliphatic rings. The van der Waals surface area contributed by atoms with Crippen molar-refractivity contribution >= 4 is 11.5 Å². The molecule has 2 heterocycles. The Morgan fingerprint density at radius 1 is 1.47 bits per heavy atom. The fourth-order valence-electron chi connectivity index (χ4n) is 2.82. The van der Waals surface area contributed by atoms with Gasteiger partial charge in [-0.3, -0.25) is 10.1 Å². The van der Waals surface area contributed by atoms with Gasteiger partial charge in [-0.15, -0.1) is 0 Å². The zero-order valence-electron chi connectivity index (χ0n) is 11.4. The highest BCUT2D eigenvalue weighted by Crippen LogP contribution is 2.34. The molecule has 7 nitrogen and oxygen atoms in total. The predicted octanol–water partition coefficient (Wildman–Crippen LogP) is 1.38. The van der Waals surface area contributed by atoms with E-state index in [4.69, 9.17) is 0 Å². The molecule has 1 atom stereocenters. The molecule has 0 aliphatic carbocycles. The van der Waals surface area contributed by atoms with E-state index in [1.165, 1.54) is 0 Å². The highest BCUT2D eigenvalue weighted by atomic mass is 16.6. The van der Waals surface area contributed by atoms with E-state index in [0.29, 0.717) is 11.5 Å². The Hall–Kier alpha value is -1.63. The highest BCUT2D eigenvalue weighted by molar-refractivity contribution is 5.62. The number of nitrogens with zero attached hydrogens (tertiary/aromatic N) is 4. The molecule has 1 fully saturated rings. The summed E-state index contributed by atoms with van der Waals surface area (Å²) in [7, 11) is 1.72. The van der Waals surface area contributed by atoms with E-state index in [2.05, 4.69) is 5.10 Å². The Morgan fingerprint density at radius 3 is 2.84 bits per heavy atom. The molecule has 0 saturated carbocycles. The lowest BCUT2D eigenvalue weighted by Gasteiger charge is -2.29. The number of anilines is 1. The molecule has 2 rings (SSSR count). The molecular formula is C12H20N4O3. The van der Waals surface area contributed by atoms with Gasteiger partial charge in [0.25, 0.3) is 0 Å². The van der Waals surface area contributed by atoms with Gasteiger partial charge in [-0.2, -0.15) is 5.10 Å². The second-order valence-corrected chi connectivity index (χ2v) is 5.02. The third-order valence-corrected chi connectivity index (χ3v) is 3.70. The van der Waals surface area contributed by atoms with Crippen LogP contribution in [0.2, 0.25) is 0 Å². The Labute approximate surface area is 112 Å². The number of aromatic nitrogens is 2. The van der Waals surface area contributed by atoms with Gasteiger partial charge in [-0.05, 0) is 19.8 Å². The maximum absolute atomic E-state index is 11.2. The normalized spacial score (nSPS) is 20.4. The van der Waals surface area contributed by atoms with E-state index < -0.39 is 0 Å². The minimum absolute atomic E-state index is 0.0153. The van der Waals surface area contributed by atoms with Crippen LogP contribution in [0.3, 0.4) is 0 Å². The molecule has 1 saturated heterocycles. The first-order valence-corrected chi connectivity index (χ1v) is 6.61. The van der Waals surface area contributed by atoms with E-state index in [1.807, 2.05) is 4.90 Å². The molecule has 106 valence electrons. The van der Waals surface area contributed by atoms with Crippen LogP contribution < -0.4 is 4.90 Å². The predicted molar refractivity (Wildman–Crippen MR) is 71.3 cm³/mol. The van der Waals surface area contributed by atoms with E-state index in [9.17, 15) is 15.2 Å². The summed E-state index contributed by atoms with van der Waals surface area (Å²) in [5.74, 6) is 0.517. The van der Waals surface area contributed by atoms with Crippen molar-refractivity contribution in [3.63, 3.8) is 0 Å². The number of hydrogen-bond donors (Lipinski definition) is 1. The molecule has 7 heteroatoms. The smallest absolute Gasteiger partial charge is 0.333 e. The molecule has 0 bridgehead atoms. The van der Waals surface area contributed by atoms with Crippen LogP contribution in [0.25, 0.3) is 0 Å². The van der Waals surface area contributed by atoms with E-state index in [-0.39, 0.29) is 23.3 Å². The molecule has 0 radical (unpaired) electrons. The Kier molecular flexibility index (Phi) is 4.04. The highest BCUT2D eigenvalue weighted by Gasteiger charge is 2.32. The van der Waals surface area contributed by atoms with Gasteiger partial charge in [-0.25, -0.2) is 4.68 Å². The second kappa shape index (κ2) is 5.56. The number of aliphatic hydroxyl groups is 1.